The van der Waals surface area contributed by atoms with Gasteiger partial charge in [0.15, 0.2) is 5.78 Å². The van der Waals surface area contributed by atoms with Crippen molar-refractivity contribution in [1.82, 2.24) is 0 Å². The molecule has 24 heavy (non-hydrogen) atoms. The number of rotatable bonds is 5. The molecule has 2 aromatic carbocycles. The lowest BCUT2D eigenvalue weighted by atomic mass is 9.79. The number of carbonyl (C=O) groups is 2. The van der Waals surface area contributed by atoms with E-state index in [1.807, 2.05) is 37.3 Å². The fourth-order valence-electron chi connectivity index (χ4n) is 2.98. The Kier molecular flexibility index (Phi) is 4.54. The number of benzene rings is 2. The van der Waals surface area contributed by atoms with Crippen LogP contribution in [-0.2, 0) is 9.53 Å². The van der Waals surface area contributed by atoms with Crippen LogP contribution in [0.1, 0.15) is 35.2 Å². The van der Waals surface area contributed by atoms with E-state index in [0.29, 0.717) is 10.6 Å². The number of esters is 1. The zero-order chi connectivity index (χ0) is 17.2. The molecular formula is C20H17ClO3. The van der Waals surface area contributed by atoms with Crippen LogP contribution in [-0.4, -0.2) is 17.4 Å². The summed E-state index contributed by atoms with van der Waals surface area (Å²) >= 11 is 5.88. The van der Waals surface area contributed by atoms with Gasteiger partial charge in [0, 0.05) is 29.0 Å². The molecule has 2 atom stereocenters. The summed E-state index contributed by atoms with van der Waals surface area (Å²) in [7, 11) is 0. The summed E-state index contributed by atoms with van der Waals surface area (Å²) < 4.78 is 5.50. The van der Waals surface area contributed by atoms with Crippen LogP contribution in [0.2, 0.25) is 5.02 Å². The van der Waals surface area contributed by atoms with Gasteiger partial charge in [-0.15, -0.1) is 0 Å². The van der Waals surface area contributed by atoms with Crippen molar-refractivity contribution >= 4 is 23.4 Å². The molecule has 2 aromatic rings. The molecule has 122 valence electrons. The SMILES string of the molecule is C[C@@]1([C@@H](CC(=O)c2ccc(Cl)cc2)c2ccccc2)C=CC(=O)O1. The first-order valence-electron chi connectivity index (χ1n) is 7.74. The van der Waals surface area contributed by atoms with Crippen LogP contribution in [0.4, 0.5) is 0 Å². The maximum atomic E-state index is 12.7. The van der Waals surface area contributed by atoms with E-state index in [0.717, 1.165) is 5.56 Å². The average molecular weight is 341 g/mol. The van der Waals surface area contributed by atoms with Gasteiger partial charge in [-0.1, -0.05) is 41.9 Å². The smallest absolute Gasteiger partial charge is 0.331 e. The van der Waals surface area contributed by atoms with Crippen molar-refractivity contribution < 1.29 is 14.3 Å². The molecule has 0 spiro atoms. The summed E-state index contributed by atoms with van der Waals surface area (Å²) in [5, 5.41) is 0.589. The fraction of sp³-hybridized carbons (Fsp3) is 0.200. The van der Waals surface area contributed by atoms with Crippen molar-refractivity contribution in [3.8, 4) is 0 Å². The highest BCUT2D eigenvalue weighted by molar-refractivity contribution is 6.30. The highest BCUT2D eigenvalue weighted by Crippen LogP contribution is 2.39. The van der Waals surface area contributed by atoms with Crippen LogP contribution in [0, 0.1) is 0 Å². The first kappa shape index (κ1) is 16.5. The van der Waals surface area contributed by atoms with E-state index in [2.05, 4.69) is 0 Å². The van der Waals surface area contributed by atoms with Gasteiger partial charge < -0.3 is 4.74 Å². The maximum absolute atomic E-state index is 12.7. The Hall–Kier alpha value is -2.39. The first-order chi connectivity index (χ1) is 11.5. The van der Waals surface area contributed by atoms with Crippen LogP contribution in [0.15, 0.2) is 66.7 Å². The number of ether oxygens (including phenoxy) is 1. The molecular weight excluding hydrogens is 324 g/mol. The summed E-state index contributed by atoms with van der Waals surface area (Å²) in [5.41, 5.74) is 0.722. The minimum Gasteiger partial charge on any atom is -0.451 e. The van der Waals surface area contributed by atoms with E-state index in [1.165, 1.54) is 6.08 Å². The molecule has 0 radical (unpaired) electrons. The van der Waals surface area contributed by atoms with Crippen molar-refractivity contribution in [3.05, 3.63) is 82.9 Å². The van der Waals surface area contributed by atoms with Crippen molar-refractivity contribution in [1.29, 1.82) is 0 Å². The maximum Gasteiger partial charge on any atom is 0.331 e. The molecule has 1 aliphatic rings. The van der Waals surface area contributed by atoms with Crippen LogP contribution in [0.25, 0.3) is 0 Å². The second-order valence-corrected chi connectivity index (χ2v) is 6.47. The number of hydrogen-bond acceptors (Lipinski definition) is 3. The third-order valence-electron chi connectivity index (χ3n) is 4.32. The number of Topliss-reactive ketones (excluding diaryl/α,β-unsaturated/α-hetero) is 1. The lowest BCUT2D eigenvalue weighted by Gasteiger charge is -2.31. The van der Waals surface area contributed by atoms with Crippen molar-refractivity contribution in [2.24, 2.45) is 0 Å². The van der Waals surface area contributed by atoms with Crippen molar-refractivity contribution in [2.75, 3.05) is 0 Å². The Morgan fingerprint density at radius 3 is 2.38 bits per heavy atom. The van der Waals surface area contributed by atoms with Crippen LogP contribution in [0.5, 0.6) is 0 Å². The molecule has 0 fully saturated rings. The number of ketones is 1. The molecule has 0 N–H and O–H groups in total. The third kappa shape index (κ3) is 3.41. The largest absolute Gasteiger partial charge is 0.451 e. The van der Waals surface area contributed by atoms with Gasteiger partial charge >= 0.3 is 5.97 Å². The van der Waals surface area contributed by atoms with Crippen molar-refractivity contribution in [3.63, 3.8) is 0 Å². The predicted molar refractivity (Wildman–Crippen MR) is 93.2 cm³/mol. The molecule has 0 saturated heterocycles. The number of halogens is 1. The fourth-order valence-corrected chi connectivity index (χ4v) is 3.11. The molecule has 0 saturated carbocycles. The summed E-state index contributed by atoms with van der Waals surface area (Å²) in [6, 6.07) is 16.5. The number of hydrogen-bond donors (Lipinski definition) is 0. The van der Waals surface area contributed by atoms with Gasteiger partial charge in [-0.3, -0.25) is 4.79 Å². The molecule has 4 heteroatoms. The van der Waals surface area contributed by atoms with E-state index < -0.39 is 5.60 Å². The number of carbonyl (C=O) groups excluding carboxylic acids is 2. The minimum atomic E-state index is -0.833. The lowest BCUT2D eigenvalue weighted by Crippen LogP contribution is -2.34. The van der Waals surface area contributed by atoms with Gasteiger partial charge in [0.1, 0.15) is 5.60 Å². The van der Waals surface area contributed by atoms with E-state index >= 15 is 0 Å². The van der Waals surface area contributed by atoms with Gasteiger partial charge in [-0.2, -0.15) is 0 Å². The molecule has 1 aliphatic heterocycles. The Morgan fingerprint density at radius 2 is 1.79 bits per heavy atom. The Labute approximate surface area is 145 Å². The summed E-state index contributed by atoms with van der Waals surface area (Å²) in [4.78, 5) is 24.3. The summed E-state index contributed by atoms with van der Waals surface area (Å²) in [5.74, 6) is -0.653. The lowest BCUT2D eigenvalue weighted by molar-refractivity contribution is -0.145. The molecule has 0 aliphatic carbocycles. The second kappa shape index (κ2) is 6.62. The molecule has 3 rings (SSSR count). The van der Waals surface area contributed by atoms with E-state index in [1.54, 1.807) is 30.3 Å². The van der Waals surface area contributed by atoms with E-state index in [9.17, 15) is 9.59 Å². The van der Waals surface area contributed by atoms with Gasteiger partial charge in [-0.25, -0.2) is 4.79 Å². The second-order valence-electron chi connectivity index (χ2n) is 6.04. The molecule has 1 heterocycles. The monoisotopic (exact) mass is 340 g/mol. The Bertz CT molecular complexity index is 780. The van der Waals surface area contributed by atoms with E-state index in [-0.39, 0.29) is 24.1 Å². The molecule has 0 unspecified atom stereocenters. The zero-order valence-electron chi connectivity index (χ0n) is 13.2. The van der Waals surface area contributed by atoms with Crippen LogP contribution >= 0.6 is 11.6 Å². The molecule has 3 nitrogen and oxygen atoms in total. The first-order valence-corrected chi connectivity index (χ1v) is 8.12. The van der Waals surface area contributed by atoms with Gasteiger partial charge in [0.25, 0.3) is 0 Å². The standard InChI is InChI=1S/C20H17ClO3/c1-20(12-11-19(23)24-20)17(14-5-3-2-4-6-14)13-18(22)15-7-9-16(21)10-8-15/h2-12,17H,13H2,1H3/t17-,20-/m0/s1. The molecule has 0 aromatic heterocycles. The normalized spacial score (nSPS) is 20.7. The summed E-state index contributed by atoms with van der Waals surface area (Å²) in [6.07, 6.45) is 3.39. The van der Waals surface area contributed by atoms with Gasteiger partial charge in [0.2, 0.25) is 0 Å². The van der Waals surface area contributed by atoms with Gasteiger partial charge in [0.05, 0.1) is 0 Å². The molecule has 0 bridgehead atoms. The average Bonchev–Trinajstić information content (AvgIpc) is 2.94. The zero-order valence-corrected chi connectivity index (χ0v) is 14.0. The quantitative estimate of drug-likeness (QED) is 0.591. The minimum absolute atomic E-state index is 0.0157. The highest BCUT2D eigenvalue weighted by Gasteiger charge is 2.41. The Morgan fingerprint density at radius 1 is 1.12 bits per heavy atom. The summed E-state index contributed by atoms with van der Waals surface area (Å²) in [6.45, 7) is 1.83. The van der Waals surface area contributed by atoms with Crippen LogP contribution < -0.4 is 0 Å². The van der Waals surface area contributed by atoms with Crippen molar-refractivity contribution in [2.45, 2.75) is 24.9 Å². The highest BCUT2D eigenvalue weighted by atomic mass is 35.5. The van der Waals surface area contributed by atoms with E-state index in [4.69, 9.17) is 16.3 Å². The van der Waals surface area contributed by atoms with Crippen LogP contribution in [0.3, 0.4) is 0 Å². The Balaban J connectivity index is 1.91. The third-order valence-corrected chi connectivity index (χ3v) is 4.57. The van der Waals surface area contributed by atoms with Gasteiger partial charge in [-0.05, 0) is 42.8 Å². The topological polar surface area (TPSA) is 43.4 Å². The molecule has 0 amide bonds. The number of cyclic esters (lactones) is 1. The predicted octanol–water partition coefficient (Wildman–Crippen LogP) is 4.57.